The van der Waals surface area contributed by atoms with Crippen molar-refractivity contribution in [3.63, 3.8) is 0 Å². The molecule has 0 unspecified atom stereocenters. The molecule has 0 spiro atoms. The summed E-state index contributed by atoms with van der Waals surface area (Å²) in [5.41, 5.74) is -0.0221. The number of fused-ring (bicyclic) bond motifs is 3. The van der Waals surface area contributed by atoms with Crippen molar-refractivity contribution in [3.05, 3.63) is 26.6 Å². The van der Waals surface area contributed by atoms with Crippen LogP contribution in [0.25, 0.3) is 10.2 Å². The van der Waals surface area contributed by atoms with Gasteiger partial charge in [0.1, 0.15) is 11.4 Å². The van der Waals surface area contributed by atoms with Crippen LogP contribution in [0, 0.1) is 0 Å². The van der Waals surface area contributed by atoms with Crippen molar-refractivity contribution >= 4 is 27.5 Å². The van der Waals surface area contributed by atoms with Gasteiger partial charge in [-0.25, -0.2) is 9.78 Å². The molecule has 1 aliphatic rings. The fourth-order valence-electron chi connectivity index (χ4n) is 3.09. The molecular weight excluding hydrogens is 357 g/mol. The van der Waals surface area contributed by atoms with Gasteiger partial charge in [0.25, 0.3) is 5.56 Å². The summed E-state index contributed by atoms with van der Waals surface area (Å²) in [6.07, 6.45) is -0.333. The van der Waals surface area contributed by atoms with E-state index in [4.69, 9.17) is 4.74 Å². The van der Waals surface area contributed by atoms with E-state index in [9.17, 15) is 22.8 Å². The number of aryl methyl sites for hydroxylation is 2. The highest BCUT2D eigenvalue weighted by atomic mass is 32.1. The second kappa shape index (κ2) is 6.78. The number of carbonyl (C=O) groups is 1. The van der Waals surface area contributed by atoms with Gasteiger partial charge in [0.2, 0.25) is 5.82 Å². The van der Waals surface area contributed by atoms with E-state index >= 15 is 0 Å². The summed E-state index contributed by atoms with van der Waals surface area (Å²) < 4.78 is 44.0. The van der Waals surface area contributed by atoms with Crippen LogP contribution in [-0.2, 0) is 24.1 Å². The van der Waals surface area contributed by atoms with Crippen LogP contribution < -0.4 is 5.56 Å². The van der Waals surface area contributed by atoms with Gasteiger partial charge in [-0.1, -0.05) is 6.42 Å². The molecule has 2 heterocycles. The van der Waals surface area contributed by atoms with Gasteiger partial charge in [-0.3, -0.25) is 9.36 Å². The molecule has 2 aromatic rings. The number of ether oxygens (including phenoxy) is 1. The molecule has 2 aromatic heterocycles. The van der Waals surface area contributed by atoms with Gasteiger partial charge in [-0.15, -0.1) is 11.3 Å². The highest BCUT2D eigenvalue weighted by molar-refractivity contribution is 7.18. The molecule has 0 saturated heterocycles. The molecule has 0 bridgehead atoms. The Morgan fingerprint density at radius 3 is 2.68 bits per heavy atom. The minimum absolute atomic E-state index is 0.0142. The van der Waals surface area contributed by atoms with Crippen LogP contribution in [0.2, 0.25) is 0 Å². The number of hydrogen-bond donors (Lipinski definition) is 0. The number of esters is 1. The van der Waals surface area contributed by atoms with Crippen LogP contribution in [0.4, 0.5) is 13.2 Å². The first-order valence-corrected chi connectivity index (χ1v) is 8.92. The normalized spacial score (nSPS) is 15.0. The van der Waals surface area contributed by atoms with Gasteiger partial charge in [0.15, 0.2) is 0 Å². The first-order chi connectivity index (χ1) is 11.8. The molecule has 3 rings (SSSR count). The van der Waals surface area contributed by atoms with Crippen LogP contribution in [0.5, 0.6) is 0 Å². The van der Waals surface area contributed by atoms with Gasteiger partial charge in [0.05, 0.1) is 12.0 Å². The summed E-state index contributed by atoms with van der Waals surface area (Å²) in [5, 5.41) is 0.221. The van der Waals surface area contributed by atoms with Crippen molar-refractivity contribution in [2.45, 2.75) is 51.7 Å². The molecular formula is C16H17F3N2O3S. The number of thiophene rings is 1. The van der Waals surface area contributed by atoms with Gasteiger partial charge in [-0.2, -0.15) is 13.2 Å². The van der Waals surface area contributed by atoms with Crippen LogP contribution in [0.3, 0.4) is 0 Å². The van der Waals surface area contributed by atoms with Gasteiger partial charge in [-0.05, 0) is 38.2 Å². The molecule has 25 heavy (non-hydrogen) atoms. The predicted molar refractivity (Wildman–Crippen MR) is 87.2 cm³/mol. The van der Waals surface area contributed by atoms with E-state index in [-0.39, 0.29) is 12.0 Å². The molecule has 0 fully saturated rings. The molecule has 9 heteroatoms. The maximum Gasteiger partial charge on any atom is 0.406 e. The maximum absolute atomic E-state index is 12.9. The quantitative estimate of drug-likeness (QED) is 0.610. The fourth-order valence-corrected chi connectivity index (χ4v) is 4.34. The number of carbonyl (C=O) groups excluding carboxylic acids is 1. The molecule has 0 saturated carbocycles. The Bertz CT molecular complexity index is 870. The zero-order valence-corrected chi connectivity index (χ0v) is 14.4. The van der Waals surface area contributed by atoms with Crippen molar-refractivity contribution in [2.75, 3.05) is 6.61 Å². The molecule has 0 aromatic carbocycles. The summed E-state index contributed by atoms with van der Waals surface area (Å²) in [6, 6.07) is 0. The van der Waals surface area contributed by atoms with Crippen molar-refractivity contribution < 1.29 is 22.7 Å². The van der Waals surface area contributed by atoms with E-state index in [0.717, 1.165) is 36.1 Å². The minimum Gasteiger partial charge on any atom is -0.460 e. The monoisotopic (exact) mass is 374 g/mol. The Balaban J connectivity index is 2.25. The minimum atomic E-state index is -4.65. The molecule has 136 valence electrons. The van der Waals surface area contributed by atoms with Gasteiger partial charge >= 0.3 is 12.1 Å². The van der Waals surface area contributed by atoms with Crippen LogP contribution in [0.1, 0.15) is 47.2 Å². The Kier molecular flexibility index (Phi) is 4.86. The lowest BCUT2D eigenvalue weighted by Crippen LogP contribution is -2.34. The van der Waals surface area contributed by atoms with Crippen LogP contribution in [-0.4, -0.2) is 28.3 Å². The van der Waals surface area contributed by atoms with E-state index in [2.05, 4.69) is 4.98 Å². The molecule has 5 nitrogen and oxygen atoms in total. The third-order valence-electron chi connectivity index (χ3n) is 4.12. The zero-order chi connectivity index (χ0) is 18.2. The molecule has 0 amide bonds. The summed E-state index contributed by atoms with van der Waals surface area (Å²) >= 11 is 1.29. The third kappa shape index (κ3) is 3.56. The highest BCUT2D eigenvalue weighted by Gasteiger charge is 2.33. The van der Waals surface area contributed by atoms with E-state index < -0.39 is 30.1 Å². The topological polar surface area (TPSA) is 61.2 Å². The zero-order valence-electron chi connectivity index (χ0n) is 13.6. The van der Waals surface area contributed by atoms with Gasteiger partial charge in [0, 0.05) is 4.88 Å². The van der Waals surface area contributed by atoms with Crippen molar-refractivity contribution in [1.29, 1.82) is 0 Å². The van der Waals surface area contributed by atoms with E-state index in [1.165, 1.54) is 18.3 Å². The summed E-state index contributed by atoms with van der Waals surface area (Å²) in [6.45, 7) is -0.0385. The second-order valence-corrected chi connectivity index (χ2v) is 6.99. The lowest BCUT2D eigenvalue weighted by atomic mass is 10.1. The number of rotatable bonds is 3. The highest BCUT2D eigenvalue weighted by Crippen LogP contribution is 2.33. The lowest BCUT2D eigenvalue weighted by molar-refractivity contribution is -0.141. The molecule has 0 N–H and O–H groups in total. The molecule has 0 aliphatic heterocycles. The smallest absolute Gasteiger partial charge is 0.406 e. The average Bonchev–Trinajstić information content (AvgIpc) is 2.70. The first-order valence-electron chi connectivity index (χ1n) is 8.10. The average molecular weight is 374 g/mol. The van der Waals surface area contributed by atoms with Crippen molar-refractivity contribution in [1.82, 2.24) is 9.55 Å². The maximum atomic E-state index is 12.9. The standard InChI is InChI=1S/C16H17F3N2O3S/c1-2-24-15(23)12-20-13-11(14(22)21(12)8-16(17,18)19)9-6-4-3-5-7-10(9)25-13/h2-8H2,1H3. The van der Waals surface area contributed by atoms with Crippen LogP contribution in [0.15, 0.2) is 4.79 Å². The molecule has 0 radical (unpaired) electrons. The summed E-state index contributed by atoms with van der Waals surface area (Å²) in [5.74, 6) is -1.61. The Hall–Kier alpha value is -1.90. The summed E-state index contributed by atoms with van der Waals surface area (Å²) in [4.78, 5) is 30.2. The fraction of sp³-hybridized carbons (Fsp3) is 0.562. The molecule has 1 aliphatic carbocycles. The SMILES string of the molecule is CCOC(=O)c1nc2sc3c(c2c(=O)n1CC(F)(F)F)CCCCC3. The number of aromatic nitrogens is 2. The Morgan fingerprint density at radius 2 is 2.00 bits per heavy atom. The number of halogens is 3. The lowest BCUT2D eigenvalue weighted by Gasteiger charge is -2.13. The van der Waals surface area contributed by atoms with E-state index in [1.54, 1.807) is 0 Å². The second-order valence-electron chi connectivity index (χ2n) is 5.91. The third-order valence-corrected chi connectivity index (χ3v) is 5.31. The molecule has 0 atom stereocenters. The number of nitrogens with zero attached hydrogens (tertiary/aromatic N) is 2. The number of alkyl halides is 3. The van der Waals surface area contributed by atoms with Gasteiger partial charge < -0.3 is 4.74 Å². The Morgan fingerprint density at radius 1 is 1.28 bits per heavy atom. The summed E-state index contributed by atoms with van der Waals surface area (Å²) in [7, 11) is 0. The van der Waals surface area contributed by atoms with Crippen molar-refractivity contribution in [3.8, 4) is 0 Å². The largest absolute Gasteiger partial charge is 0.460 e. The Labute approximate surface area is 145 Å². The van der Waals surface area contributed by atoms with Crippen molar-refractivity contribution in [2.24, 2.45) is 0 Å². The van der Waals surface area contributed by atoms with Crippen LogP contribution >= 0.6 is 11.3 Å². The van der Waals surface area contributed by atoms with E-state index in [1.807, 2.05) is 0 Å². The first kappa shape index (κ1) is 17.9. The predicted octanol–water partition coefficient (Wildman–Crippen LogP) is 3.47. The number of hydrogen-bond acceptors (Lipinski definition) is 5. The van der Waals surface area contributed by atoms with E-state index in [0.29, 0.717) is 15.8 Å².